The second-order valence-electron chi connectivity index (χ2n) is 3.32. The van der Waals surface area contributed by atoms with Crippen molar-refractivity contribution in [2.75, 3.05) is 6.79 Å². The summed E-state index contributed by atoms with van der Waals surface area (Å²) in [6, 6.07) is 6.75. The highest BCUT2D eigenvalue weighted by atomic mass is 16.6. The predicted molar refractivity (Wildman–Crippen MR) is 53.3 cm³/mol. The molecule has 0 unspecified atom stereocenters. The number of carbonyl (C=O) groups is 1. The van der Waals surface area contributed by atoms with Crippen LogP contribution in [0.1, 0.15) is 24.2 Å². The molecular weight excluding hydrogens is 180 g/mol. The molecule has 0 aliphatic heterocycles. The van der Waals surface area contributed by atoms with Gasteiger partial charge >= 0.3 is 0 Å². The second kappa shape index (κ2) is 4.77. The number of aliphatic hydroxyl groups excluding tert-OH is 1. The molecule has 0 heterocycles. The van der Waals surface area contributed by atoms with Gasteiger partial charge in [-0.15, -0.1) is 0 Å². The van der Waals surface area contributed by atoms with E-state index < -0.39 is 0 Å². The smallest absolute Gasteiger partial charge is 0.186 e. The number of carbonyl (C=O) groups excluding carboxylic acids is 1. The van der Waals surface area contributed by atoms with Crippen molar-refractivity contribution in [2.45, 2.75) is 13.8 Å². The van der Waals surface area contributed by atoms with Crippen LogP contribution in [0.2, 0.25) is 0 Å². The number of rotatable bonds is 4. The molecule has 3 heteroatoms. The first kappa shape index (κ1) is 10.7. The molecule has 3 nitrogen and oxygen atoms in total. The monoisotopic (exact) mass is 194 g/mol. The molecule has 0 aromatic heterocycles. The van der Waals surface area contributed by atoms with Gasteiger partial charge in [0, 0.05) is 11.5 Å². The third kappa shape index (κ3) is 2.57. The van der Waals surface area contributed by atoms with Gasteiger partial charge < -0.3 is 9.84 Å². The van der Waals surface area contributed by atoms with Crippen LogP contribution in [-0.2, 0) is 0 Å². The number of Topliss-reactive ketones (excluding diaryl/α,β-unsaturated/α-hetero) is 1. The van der Waals surface area contributed by atoms with Crippen molar-refractivity contribution in [1.82, 2.24) is 0 Å². The lowest BCUT2D eigenvalue weighted by Gasteiger charge is -2.05. The summed E-state index contributed by atoms with van der Waals surface area (Å²) in [5, 5.41) is 8.50. The summed E-state index contributed by atoms with van der Waals surface area (Å²) in [7, 11) is 0. The van der Waals surface area contributed by atoms with Crippen LogP contribution in [0, 0.1) is 5.92 Å². The first-order valence-corrected chi connectivity index (χ1v) is 4.53. The Hall–Kier alpha value is -1.35. The summed E-state index contributed by atoms with van der Waals surface area (Å²) in [6.45, 7) is 3.37. The fraction of sp³-hybridized carbons (Fsp3) is 0.364. The molecule has 0 saturated heterocycles. The van der Waals surface area contributed by atoms with Gasteiger partial charge in [-0.3, -0.25) is 4.79 Å². The summed E-state index contributed by atoms with van der Waals surface area (Å²) in [4.78, 5) is 11.5. The molecule has 76 valence electrons. The minimum atomic E-state index is -0.350. The third-order valence-electron chi connectivity index (χ3n) is 1.89. The molecule has 1 aromatic rings. The molecule has 0 radical (unpaired) electrons. The molecule has 0 bridgehead atoms. The molecule has 1 rings (SSSR count). The maximum atomic E-state index is 11.5. The quantitative estimate of drug-likeness (QED) is 0.587. The Bertz CT molecular complexity index is 301. The van der Waals surface area contributed by atoms with E-state index in [1.165, 1.54) is 0 Å². The molecule has 1 aromatic carbocycles. The van der Waals surface area contributed by atoms with Crippen LogP contribution in [0.5, 0.6) is 5.75 Å². The van der Waals surface area contributed by atoms with Gasteiger partial charge in [-0.05, 0) is 24.3 Å². The van der Waals surface area contributed by atoms with Gasteiger partial charge in [0.15, 0.2) is 12.6 Å². The maximum absolute atomic E-state index is 11.5. The van der Waals surface area contributed by atoms with Crippen LogP contribution in [0.4, 0.5) is 0 Å². The zero-order chi connectivity index (χ0) is 10.6. The summed E-state index contributed by atoms with van der Waals surface area (Å²) in [6.07, 6.45) is 0. The summed E-state index contributed by atoms with van der Waals surface area (Å²) >= 11 is 0. The zero-order valence-corrected chi connectivity index (χ0v) is 8.36. The fourth-order valence-electron chi connectivity index (χ4n) is 1.12. The zero-order valence-electron chi connectivity index (χ0n) is 8.36. The predicted octanol–water partition coefficient (Wildman–Crippen LogP) is 1.85. The van der Waals surface area contributed by atoms with E-state index in [9.17, 15) is 4.79 Å². The van der Waals surface area contributed by atoms with Crippen LogP contribution < -0.4 is 4.74 Å². The highest BCUT2D eigenvalue weighted by Crippen LogP contribution is 2.14. The summed E-state index contributed by atoms with van der Waals surface area (Å²) in [5.41, 5.74) is 0.672. The number of hydrogen-bond donors (Lipinski definition) is 1. The van der Waals surface area contributed by atoms with Crippen molar-refractivity contribution in [3.8, 4) is 5.75 Å². The second-order valence-corrected chi connectivity index (χ2v) is 3.32. The molecule has 0 spiro atoms. The Labute approximate surface area is 83.3 Å². The van der Waals surface area contributed by atoms with Crippen molar-refractivity contribution >= 4 is 5.78 Å². The number of hydrogen-bond acceptors (Lipinski definition) is 3. The van der Waals surface area contributed by atoms with Crippen LogP contribution in [0.25, 0.3) is 0 Å². The summed E-state index contributed by atoms with van der Waals surface area (Å²) in [5.74, 6) is 0.674. The van der Waals surface area contributed by atoms with Gasteiger partial charge in [0.2, 0.25) is 0 Å². The van der Waals surface area contributed by atoms with E-state index in [4.69, 9.17) is 9.84 Å². The largest absolute Gasteiger partial charge is 0.468 e. The van der Waals surface area contributed by atoms with Crippen LogP contribution in [0.3, 0.4) is 0 Å². The molecule has 0 aliphatic carbocycles. The number of benzene rings is 1. The van der Waals surface area contributed by atoms with Crippen molar-refractivity contribution < 1.29 is 14.6 Å². The fourth-order valence-corrected chi connectivity index (χ4v) is 1.12. The minimum Gasteiger partial charge on any atom is -0.468 e. The van der Waals surface area contributed by atoms with Crippen LogP contribution in [-0.4, -0.2) is 17.7 Å². The van der Waals surface area contributed by atoms with E-state index in [0.717, 1.165) is 0 Å². The molecule has 0 fully saturated rings. The van der Waals surface area contributed by atoms with E-state index in [0.29, 0.717) is 11.3 Å². The lowest BCUT2D eigenvalue weighted by Crippen LogP contribution is -2.07. The number of ketones is 1. The van der Waals surface area contributed by atoms with Gasteiger partial charge in [-0.2, -0.15) is 0 Å². The van der Waals surface area contributed by atoms with E-state index in [2.05, 4.69) is 0 Å². The molecule has 1 N–H and O–H groups in total. The minimum absolute atomic E-state index is 0.000361. The van der Waals surface area contributed by atoms with Gasteiger partial charge in [-0.1, -0.05) is 13.8 Å². The van der Waals surface area contributed by atoms with Crippen LogP contribution in [0.15, 0.2) is 24.3 Å². The Morgan fingerprint density at radius 2 is 1.93 bits per heavy atom. The van der Waals surface area contributed by atoms with Gasteiger partial charge in [0.1, 0.15) is 5.75 Å². The van der Waals surface area contributed by atoms with E-state index in [-0.39, 0.29) is 18.5 Å². The Morgan fingerprint density at radius 1 is 1.36 bits per heavy atom. The highest BCUT2D eigenvalue weighted by molar-refractivity contribution is 5.97. The highest BCUT2D eigenvalue weighted by Gasteiger charge is 2.09. The number of aliphatic hydroxyl groups is 1. The van der Waals surface area contributed by atoms with Crippen molar-refractivity contribution in [2.24, 2.45) is 5.92 Å². The molecule has 14 heavy (non-hydrogen) atoms. The standard InChI is InChI=1S/C11H14O3/c1-8(2)11(13)9-3-5-10(6-4-9)14-7-12/h3-6,8,12H,7H2,1-2H3. The Balaban J connectivity index is 2.78. The van der Waals surface area contributed by atoms with Crippen LogP contribution >= 0.6 is 0 Å². The molecule has 0 aliphatic rings. The van der Waals surface area contributed by atoms with Crippen molar-refractivity contribution in [1.29, 1.82) is 0 Å². The van der Waals surface area contributed by atoms with Gasteiger partial charge in [0.05, 0.1) is 0 Å². The average molecular weight is 194 g/mol. The van der Waals surface area contributed by atoms with Gasteiger partial charge in [-0.25, -0.2) is 0 Å². The van der Waals surface area contributed by atoms with E-state index in [1.807, 2.05) is 13.8 Å². The molecular formula is C11H14O3. The summed E-state index contributed by atoms with van der Waals surface area (Å²) < 4.78 is 4.85. The lowest BCUT2D eigenvalue weighted by molar-refractivity contribution is 0.0938. The van der Waals surface area contributed by atoms with Crippen molar-refractivity contribution in [3.63, 3.8) is 0 Å². The Kier molecular flexibility index (Phi) is 3.65. The normalized spacial score (nSPS) is 10.3. The first-order valence-electron chi connectivity index (χ1n) is 4.53. The third-order valence-corrected chi connectivity index (χ3v) is 1.89. The van der Waals surface area contributed by atoms with E-state index >= 15 is 0 Å². The SMILES string of the molecule is CC(C)C(=O)c1ccc(OCO)cc1. The van der Waals surface area contributed by atoms with Crippen molar-refractivity contribution in [3.05, 3.63) is 29.8 Å². The number of ether oxygens (including phenoxy) is 1. The molecule has 0 saturated carbocycles. The first-order chi connectivity index (χ1) is 6.65. The average Bonchev–Trinajstić information content (AvgIpc) is 2.18. The lowest BCUT2D eigenvalue weighted by atomic mass is 10.0. The van der Waals surface area contributed by atoms with Gasteiger partial charge in [0.25, 0.3) is 0 Å². The molecule has 0 amide bonds. The van der Waals surface area contributed by atoms with E-state index in [1.54, 1.807) is 24.3 Å². The topological polar surface area (TPSA) is 46.5 Å². The maximum Gasteiger partial charge on any atom is 0.186 e. The Morgan fingerprint density at radius 3 is 2.36 bits per heavy atom. The molecule has 0 atom stereocenters.